The van der Waals surface area contributed by atoms with Gasteiger partial charge in [-0.3, -0.25) is 0 Å². The number of aromatic nitrogens is 2. The van der Waals surface area contributed by atoms with Gasteiger partial charge in [0.1, 0.15) is 5.75 Å². The lowest BCUT2D eigenvalue weighted by Gasteiger charge is -2.08. The van der Waals surface area contributed by atoms with E-state index in [9.17, 15) is 0 Å². The summed E-state index contributed by atoms with van der Waals surface area (Å²) < 4.78 is 11.5. The number of hydrogen-bond acceptors (Lipinski definition) is 4. The van der Waals surface area contributed by atoms with E-state index in [0.29, 0.717) is 5.82 Å². The molecule has 0 aliphatic rings. The first-order valence-electron chi connectivity index (χ1n) is 11.0. The first-order chi connectivity index (χ1) is 13.8. The standard InChI is InChI=1S/C24H36N2O2/c1-3-5-7-9-10-12-18-28-23-19-25-24(26-20-23)21-13-15-22(16-14-21)27-17-11-8-6-4-2/h13-16,19-20H,3-12,17-18H2,1-2H3. The van der Waals surface area contributed by atoms with Gasteiger partial charge in [-0.1, -0.05) is 65.2 Å². The maximum Gasteiger partial charge on any atom is 0.159 e. The summed E-state index contributed by atoms with van der Waals surface area (Å²) in [6.07, 6.45) is 16.0. The van der Waals surface area contributed by atoms with Crippen LogP contribution in [0.5, 0.6) is 11.5 Å². The lowest BCUT2D eigenvalue weighted by Crippen LogP contribution is -1.99. The van der Waals surface area contributed by atoms with E-state index < -0.39 is 0 Å². The summed E-state index contributed by atoms with van der Waals surface area (Å²) >= 11 is 0. The third-order valence-corrected chi connectivity index (χ3v) is 4.77. The highest BCUT2D eigenvalue weighted by atomic mass is 16.5. The molecule has 154 valence electrons. The molecule has 0 spiro atoms. The summed E-state index contributed by atoms with van der Waals surface area (Å²) in [4.78, 5) is 8.87. The van der Waals surface area contributed by atoms with Crippen molar-refractivity contribution < 1.29 is 9.47 Å². The summed E-state index contributed by atoms with van der Waals surface area (Å²) in [6.45, 7) is 5.97. The first kappa shape index (κ1) is 22.2. The zero-order valence-electron chi connectivity index (χ0n) is 17.7. The maximum atomic E-state index is 5.79. The highest BCUT2D eigenvalue weighted by Gasteiger charge is 2.03. The van der Waals surface area contributed by atoms with E-state index in [1.807, 2.05) is 24.3 Å². The smallest absolute Gasteiger partial charge is 0.159 e. The van der Waals surface area contributed by atoms with Crippen molar-refractivity contribution in [3.63, 3.8) is 0 Å². The zero-order chi connectivity index (χ0) is 19.9. The van der Waals surface area contributed by atoms with E-state index in [0.717, 1.165) is 43.1 Å². The number of hydrogen-bond donors (Lipinski definition) is 0. The van der Waals surface area contributed by atoms with E-state index in [-0.39, 0.29) is 0 Å². The van der Waals surface area contributed by atoms with Gasteiger partial charge < -0.3 is 9.47 Å². The number of ether oxygens (including phenoxy) is 2. The van der Waals surface area contributed by atoms with Crippen LogP contribution in [0.4, 0.5) is 0 Å². The van der Waals surface area contributed by atoms with Gasteiger partial charge in [-0.25, -0.2) is 9.97 Å². The Morgan fingerprint density at radius 1 is 0.607 bits per heavy atom. The fourth-order valence-corrected chi connectivity index (χ4v) is 3.03. The quantitative estimate of drug-likeness (QED) is 0.315. The number of rotatable bonds is 15. The van der Waals surface area contributed by atoms with Gasteiger partial charge in [-0.2, -0.15) is 0 Å². The molecule has 2 aromatic rings. The van der Waals surface area contributed by atoms with E-state index >= 15 is 0 Å². The molecule has 1 heterocycles. The van der Waals surface area contributed by atoms with E-state index in [4.69, 9.17) is 9.47 Å². The number of benzene rings is 1. The lowest BCUT2D eigenvalue weighted by molar-refractivity contribution is 0.302. The predicted molar refractivity (Wildman–Crippen MR) is 116 cm³/mol. The third kappa shape index (κ3) is 8.73. The molecule has 0 aliphatic carbocycles. The monoisotopic (exact) mass is 384 g/mol. The Morgan fingerprint density at radius 3 is 1.71 bits per heavy atom. The van der Waals surface area contributed by atoms with Crippen molar-refractivity contribution in [2.24, 2.45) is 0 Å². The summed E-state index contributed by atoms with van der Waals surface area (Å²) in [5.41, 5.74) is 0.987. The normalized spacial score (nSPS) is 10.8. The second-order valence-electron chi connectivity index (χ2n) is 7.29. The molecule has 4 heteroatoms. The van der Waals surface area contributed by atoms with Crippen molar-refractivity contribution in [1.29, 1.82) is 0 Å². The Kier molecular flexibility index (Phi) is 11.1. The second-order valence-corrected chi connectivity index (χ2v) is 7.29. The van der Waals surface area contributed by atoms with Gasteiger partial charge in [0.15, 0.2) is 11.6 Å². The third-order valence-electron chi connectivity index (χ3n) is 4.77. The van der Waals surface area contributed by atoms with Crippen molar-refractivity contribution in [1.82, 2.24) is 9.97 Å². The minimum Gasteiger partial charge on any atom is -0.494 e. The Hall–Kier alpha value is -2.10. The van der Waals surface area contributed by atoms with Crippen molar-refractivity contribution in [2.45, 2.75) is 78.1 Å². The van der Waals surface area contributed by atoms with Gasteiger partial charge in [-0.15, -0.1) is 0 Å². The summed E-state index contributed by atoms with van der Waals surface area (Å²) in [6, 6.07) is 7.99. The number of nitrogens with zero attached hydrogens (tertiary/aromatic N) is 2. The molecule has 1 aromatic carbocycles. The Bertz CT molecular complexity index is 626. The van der Waals surface area contributed by atoms with Crippen molar-refractivity contribution in [2.75, 3.05) is 13.2 Å². The van der Waals surface area contributed by atoms with Crippen LogP contribution >= 0.6 is 0 Å². The molecule has 0 aliphatic heterocycles. The zero-order valence-corrected chi connectivity index (χ0v) is 17.7. The molecule has 0 atom stereocenters. The van der Waals surface area contributed by atoms with Crippen LogP contribution < -0.4 is 9.47 Å². The number of unbranched alkanes of at least 4 members (excludes halogenated alkanes) is 8. The fourth-order valence-electron chi connectivity index (χ4n) is 3.03. The molecule has 0 radical (unpaired) electrons. The van der Waals surface area contributed by atoms with Crippen LogP contribution in [0.15, 0.2) is 36.7 Å². The average molecular weight is 385 g/mol. The topological polar surface area (TPSA) is 44.2 Å². The summed E-state index contributed by atoms with van der Waals surface area (Å²) in [5.74, 6) is 2.35. The second kappa shape index (κ2) is 14.0. The first-order valence-corrected chi connectivity index (χ1v) is 11.0. The van der Waals surface area contributed by atoms with Crippen molar-refractivity contribution >= 4 is 0 Å². The molecular formula is C24H36N2O2. The Balaban J connectivity index is 1.70. The van der Waals surface area contributed by atoms with E-state index in [1.165, 1.54) is 51.4 Å². The predicted octanol–water partition coefficient (Wildman–Crippen LogP) is 6.84. The summed E-state index contributed by atoms with van der Waals surface area (Å²) in [5, 5.41) is 0. The fraction of sp³-hybridized carbons (Fsp3) is 0.583. The molecule has 0 bridgehead atoms. The van der Waals surface area contributed by atoms with E-state index in [1.54, 1.807) is 12.4 Å². The van der Waals surface area contributed by atoms with Gasteiger partial charge >= 0.3 is 0 Å². The van der Waals surface area contributed by atoms with Gasteiger partial charge in [0, 0.05) is 5.56 Å². The Labute approximate surface area is 170 Å². The summed E-state index contributed by atoms with van der Waals surface area (Å²) in [7, 11) is 0. The van der Waals surface area contributed by atoms with Gasteiger partial charge in [0.2, 0.25) is 0 Å². The molecule has 28 heavy (non-hydrogen) atoms. The van der Waals surface area contributed by atoms with Crippen LogP contribution in [0.2, 0.25) is 0 Å². The minimum atomic E-state index is 0.710. The minimum absolute atomic E-state index is 0.710. The van der Waals surface area contributed by atoms with Gasteiger partial charge in [-0.05, 0) is 37.1 Å². The molecule has 4 nitrogen and oxygen atoms in total. The molecule has 0 N–H and O–H groups in total. The molecule has 0 unspecified atom stereocenters. The largest absolute Gasteiger partial charge is 0.494 e. The lowest BCUT2D eigenvalue weighted by atomic mass is 10.1. The van der Waals surface area contributed by atoms with E-state index in [2.05, 4.69) is 23.8 Å². The average Bonchev–Trinajstić information content (AvgIpc) is 2.74. The molecule has 0 saturated heterocycles. The SMILES string of the molecule is CCCCCCCCOc1cnc(-c2ccc(OCCCCCC)cc2)nc1. The molecule has 1 aromatic heterocycles. The molecule has 0 saturated carbocycles. The van der Waals surface area contributed by atoms with Crippen LogP contribution in [0.25, 0.3) is 11.4 Å². The van der Waals surface area contributed by atoms with Crippen LogP contribution in [0, 0.1) is 0 Å². The van der Waals surface area contributed by atoms with Gasteiger partial charge in [0.25, 0.3) is 0 Å². The van der Waals surface area contributed by atoms with Crippen LogP contribution in [-0.4, -0.2) is 23.2 Å². The molecular weight excluding hydrogens is 348 g/mol. The molecule has 0 amide bonds. The van der Waals surface area contributed by atoms with Crippen LogP contribution in [-0.2, 0) is 0 Å². The molecule has 0 fully saturated rings. The Morgan fingerprint density at radius 2 is 1.11 bits per heavy atom. The maximum absolute atomic E-state index is 5.79. The highest BCUT2D eigenvalue weighted by Crippen LogP contribution is 2.20. The highest BCUT2D eigenvalue weighted by molar-refractivity contribution is 5.56. The molecule has 2 rings (SSSR count). The van der Waals surface area contributed by atoms with Crippen LogP contribution in [0.3, 0.4) is 0 Å². The van der Waals surface area contributed by atoms with Crippen molar-refractivity contribution in [3.8, 4) is 22.9 Å². The van der Waals surface area contributed by atoms with Gasteiger partial charge in [0.05, 0.1) is 25.6 Å². The van der Waals surface area contributed by atoms with Crippen LogP contribution in [0.1, 0.15) is 78.1 Å². The van der Waals surface area contributed by atoms with Crippen molar-refractivity contribution in [3.05, 3.63) is 36.7 Å².